The summed E-state index contributed by atoms with van der Waals surface area (Å²) in [5, 5.41) is 15.0. The molecule has 0 spiro atoms. The number of H-pyrrole nitrogens is 1. The topological polar surface area (TPSA) is 97.3 Å². The van der Waals surface area contributed by atoms with Gasteiger partial charge in [0.2, 0.25) is 0 Å². The van der Waals surface area contributed by atoms with Gasteiger partial charge in [-0.2, -0.15) is 0 Å². The molecule has 4 rings (SSSR count). The highest BCUT2D eigenvalue weighted by molar-refractivity contribution is 5.85. The molecule has 156 valence electrons. The molecule has 2 atom stereocenters. The summed E-state index contributed by atoms with van der Waals surface area (Å²) in [6, 6.07) is 14.3. The van der Waals surface area contributed by atoms with Gasteiger partial charge in [-0.3, -0.25) is 10.1 Å². The molecule has 7 heteroatoms. The third-order valence-corrected chi connectivity index (χ3v) is 5.90. The highest BCUT2D eigenvalue weighted by Crippen LogP contribution is 2.38. The number of carbonyl (C=O) groups excluding carboxylic acids is 1. The number of aryl methyl sites for hydroxylation is 1. The van der Waals surface area contributed by atoms with E-state index in [9.17, 15) is 14.9 Å². The van der Waals surface area contributed by atoms with Crippen LogP contribution in [0.25, 0.3) is 10.9 Å². The molecular formula is C23H25N3O4. The van der Waals surface area contributed by atoms with Crippen LogP contribution in [0.2, 0.25) is 0 Å². The number of nitro benzene ring substituents is 1. The number of hydrogen-bond donors (Lipinski definition) is 2. The maximum absolute atomic E-state index is 12.5. The Hall–Kier alpha value is -3.35. The number of aromatic amines is 1. The zero-order chi connectivity index (χ0) is 21.1. The number of aromatic nitrogens is 1. The van der Waals surface area contributed by atoms with Crippen molar-refractivity contribution < 1.29 is 14.5 Å². The number of nitrogens with zero attached hydrogens (tertiary/aromatic N) is 1. The monoisotopic (exact) mass is 407 g/mol. The molecule has 2 N–H and O–H groups in total. The zero-order valence-corrected chi connectivity index (χ0v) is 16.9. The summed E-state index contributed by atoms with van der Waals surface area (Å²) in [5.74, 6) is 0.238. The van der Waals surface area contributed by atoms with Crippen LogP contribution in [-0.2, 0) is 11.3 Å². The van der Waals surface area contributed by atoms with Gasteiger partial charge in [0.25, 0.3) is 5.69 Å². The molecule has 1 aromatic heterocycles. The van der Waals surface area contributed by atoms with Crippen LogP contribution >= 0.6 is 0 Å². The Morgan fingerprint density at radius 2 is 1.90 bits per heavy atom. The van der Waals surface area contributed by atoms with Crippen molar-refractivity contribution in [1.82, 2.24) is 10.3 Å². The van der Waals surface area contributed by atoms with Gasteiger partial charge < -0.3 is 15.0 Å². The van der Waals surface area contributed by atoms with Crippen molar-refractivity contribution in [2.45, 2.75) is 51.2 Å². The lowest BCUT2D eigenvalue weighted by atomic mass is 9.79. The largest absolute Gasteiger partial charge is 0.445 e. The summed E-state index contributed by atoms with van der Waals surface area (Å²) in [6.45, 7) is 2.17. The molecule has 1 fully saturated rings. The Kier molecular flexibility index (Phi) is 5.70. The highest BCUT2D eigenvalue weighted by atomic mass is 16.6. The van der Waals surface area contributed by atoms with Crippen LogP contribution in [0.4, 0.5) is 10.5 Å². The maximum Gasteiger partial charge on any atom is 0.407 e. The predicted molar refractivity (Wildman–Crippen MR) is 114 cm³/mol. The maximum atomic E-state index is 12.5. The molecule has 1 aliphatic rings. The number of hydrogen-bond acceptors (Lipinski definition) is 4. The van der Waals surface area contributed by atoms with E-state index in [0.717, 1.165) is 36.9 Å². The first kappa shape index (κ1) is 19.9. The van der Waals surface area contributed by atoms with Crippen molar-refractivity contribution in [1.29, 1.82) is 0 Å². The number of carbonyl (C=O) groups is 1. The lowest BCUT2D eigenvalue weighted by Crippen LogP contribution is -2.41. The molecule has 0 bridgehead atoms. The first-order valence-corrected chi connectivity index (χ1v) is 10.3. The molecule has 1 saturated carbocycles. The van der Waals surface area contributed by atoms with Crippen molar-refractivity contribution in [2.24, 2.45) is 0 Å². The molecule has 0 aliphatic heterocycles. The third kappa shape index (κ3) is 4.15. The van der Waals surface area contributed by atoms with E-state index < -0.39 is 11.0 Å². The Morgan fingerprint density at radius 3 is 2.67 bits per heavy atom. The molecule has 1 heterocycles. The van der Waals surface area contributed by atoms with Gasteiger partial charge >= 0.3 is 6.09 Å². The third-order valence-electron chi connectivity index (χ3n) is 5.90. The standard InChI is InChI=1S/C23H25N3O4/c1-15-22(18-6-2-4-8-20(18)24-15)19-7-3-5-9-21(19)25-23(27)30-14-16-10-12-17(13-11-16)26(28)29/h2,4,6,8,10-13,19,21,24H,3,5,7,9,14H2,1H3,(H,25,27)/t19-,21-/m1/s1. The number of fused-ring (bicyclic) bond motifs is 1. The number of ether oxygens (including phenoxy) is 1. The molecule has 0 saturated heterocycles. The van der Waals surface area contributed by atoms with Gasteiger partial charge in [-0.25, -0.2) is 4.79 Å². The molecule has 3 aromatic rings. The first-order valence-electron chi connectivity index (χ1n) is 10.3. The summed E-state index contributed by atoms with van der Waals surface area (Å²) in [6.07, 6.45) is 3.69. The van der Waals surface area contributed by atoms with Gasteiger partial charge in [0.1, 0.15) is 6.61 Å². The average Bonchev–Trinajstić information content (AvgIpc) is 3.08. The molecule has 1 amide bonds. The van der Waals surface area contributed by atoms with Crippen molar-refractivity contribution >= 4 is 22.7 Å². The number of para-hydroxylation sites is 1. The first-order chi connectivity index (χ1) is 14.5. The molecule has 0 unspecified atom stereocenters. The number of amides is 1. The minimum absolute atomic E-state index is 0.0148. The fraction of sp³-hybridized carbons (Fsp3) is 0.348. The lowest BCUT2D eigenvalue weighted by Gasteiger charge is -2.32. The minimum atomic E-state index is -0.456. The lowest BCUT2D eigenvalue weighted by molar-refractivity contribution is -0.384. The number of nitrogens with one attached hydrogen (secondary N) is 2. The average molecular weight is 407 g/mol. The Morgan fingerprint density at radius 1 is 1.17 bits per heavy atom. The molecule has 30 heavy (non-hydrogen) atoms. The van der Waals surface area contributed by atoms with Crippen LogP contribution in [0.5, 0.6) is 0 Å². The van der Waals surface area contributed by atoms with Crippen LogP contribution in [0.3, 0.4) is 0 Å². The van der Waals surface area contributed by atoms with Gasteiger partial charge in [-0.15, -0.1) is 0 Å². The quantitative estimate of drug-likeness (QED) is 0.441. The van der Waals surface area contributed by atoms with E-state index in [1.165, 1.54) is 23.1 Å². The smallest absolute Gasteiger partial charge is 0.407 e. The van der Waals surface area contributed by atoms with Crippen LogP contribution in [0.15, 0.2) is 48.5 Å². The van der Waals surface area contributed by atoms with Crippen molar-refractivity contribution in [3.05, 3.63) is 75.5 Å². The minimum Gasteiger partial charge on any atom is -0.445 e. The van der Waals surface area contributed by atoms with E-state index in [-0.39, 0.29) is 24.3 Å². The van der Waals surface area contributed by atoms with E-state index >= 15 is 0 Å². The van der Waals surface area contributed by atoms with E-state index in [2.05, 4.69) is 29.4 Å². The molecule has 0 radical (unpaired) electrons. The highest BCUT2D eigenvalue weighted by Gasteiger charge is 2.31. The summed E-state index contributed by atoms with van der Waals surface area (Å²) in [4.78, 5) is 26.2. The molecule has 1 aliphatic carbocycles. The van der Waals surface area contributed by atoms with Crippen molar-refractivity contribution in [3.63, 3.8) is 0 Å². The van der Waals surface area contributed by atoms with Gasteiger partial charge in [-0.05, 0) is 49.1 Å². The second kappa shape index (κ2) is 8.57. The fourth-order valence-electron chi connectivity index (χ4n) is 4.48. The summed E-state index contributed by atoms with van der Waals surface area (Å²) < 4.78 is 5.39. The molecule has 2 aromatic carbocycles. The van der Waals surface area contributed by atoms with Gasteiger partial charge in [0, 0.05) is 40.7 Å². The Balaban J connectivity index is 1.43. The molecular weight excluding hydrogens is 382 g/mol. The number of nitro groups is 1. The van der Waals surface area contributed by atoms with E-state index in [1.807, 2.05) is 12.1 Å². The summed E-state index contributed by atoms with van der Waals surface area (Å²) in [7, 11) is 0. The van der Waals surface area contributed by atoms with Gasteiger partial charge in [-0.1, -0.05) is 31.0 Å². The summed E-state index contributed by atoms with van der Waals surface area (Å²) >= 11 is 0. The van der Waals surface area contributed by atoms with E-state index in [1.54, 1.807) is 12.1 Å². The van der Waals surface area contributed by atoms with Crippen LogP contribution < -0.4 is 5.32 Å². The zero-order valence-electron chi connectivity index (χ0n) is 16.9. The van der Waals surface area contributed by atoms with E-state index in [0.29, 0.717) is 5.56 Å². The normalized spacial score (nSPS) is 18.8. The fourth-order valence-corrected chi connectivity index (χ4v) is 4.48. The van der Waals surface area contributed by atoms with Gasteiger partial charge in [0.15, 0.2) is 0 Å². The van der Waals surface area contributed by atoms with E-state index in [4.69, 9.17) is 4.74 Å². The number of rotatable bonds is 5. The second-order valence-corrected chi connectivity index (χ2v) is 7.85. The molecule has 7 nitrogen and oxygen atoms in total. The van der Waals surface area contributed by atoms with Crippen LogP contribution in [-0.4, -0.2) is 22.0 Å². The van der Waals surface area contributed by atoms with Crippen LogP contribution in [0, 0.1) is 17.0 Å². The predicted octanol–water partition coefficient (Wildman–Crippen LogP) is 5.34. The number of alkyl carbamates (subject to hydrolysis) is 1. The Labute approximate surface area is 174 Å². The summed E-state index contributed by atoms with van der Waals surface area (Å²) in [5.41, 5.74) is 4.28. The van der Waals surface area contributed by atoms with Gasteiger partial charge in [0.05, 0.1) is 4.92 Å². The SMILES string of the molecule is Cc1[nH]c2ccccc2c1[C@@H]1CCCC[C@H]1NC(=O)OCc1ccc([N+](=O)[O-])cc1. The van der Waals surface area contributed by atoms with Crippen molar-refractivity contribution in [3.8, 4) is 0 Å². The Bertz CT molecular complexity index is 1060. The second-order valence-electron chi connectivity index (χ2n) is 7.85. The number of non-ortho nitro benzene ring substituents is 1. The van der Waals surface area contributed by atoms with Crippen LogP contribution in [0.1, 0.15) is 48.4 Å². The van der Waals surface area contributed by atoms with Crippen molar-refractivity contribution in [2.75, 3.05) is 0 Å². The number of benzene rings is 2.